The molecule has 0 saturated carbocycles. The Morgan fingerprint density at radius 2 is 2.00 bits per heavy atom. The van der Waals surface area contributed by atoms with Crippen LogP contribution in [0.4, 0.5) is 0 Å². The van der Waals surface area contributed by atoms with Crippen molar-refractivity contribution in [2.45, 2.75) is 24.3 Å². The molecule has 0 radical (unpaired) electrons. The third-order valence-electron chi connectivity index (χ3n) is 1.87. The van der Waals surface area contributed by atoms with Gasteiger partial charge in [0.15, 0.2) is 0 Å². The monoisotopic (exact) mass is 197 g/mol. The van der Waals surface area contributed by atoms with Gasteiger partial charge in [-0.05, 0) is 32.2 Å². The van der Waals surface area contributed by atoms with Gasteiger partial charge >= 0.3 is 0 Å². The number of aromatic hydroxyl groups is 1. The maximum atomic E-state index is 9.66. The molecule has 0 aromatic heterocycles. The molecule has 0 aliphatic carbocycles. The van der Waals surface area contributed by atoms with Crippen molar-refractivity contribution in [2.24, 2.45) is 5.73 Å². The first-order valence-electron chi connectivity index (χ1n) is 4.12. The number of phenols is 1. The molecule has 72 valence electrons. The molecule has 3 N–H and O–H groups in total. The molecule has 0 spiro atoms. The summed E-state index contributed by atoms with van der Waals surface area (Å²) in [5.74, 6) is 0.277. The molecular formula is C10H15NOS. The quantitative estimate of drug-likeness (QED) is 0.715. The fourth-order valence-electron chi connectivity index (χ4n) is 1.34. The van der Waals surface area contributed by atoms with E-state index in [9.17, 15) is 5.11 Å². The Balaban J connectivity index is 3.32. The van der Waals surface area contributed by atoms with Gasteiger partial charge in [0.1, 0.15) is 5.75 Å². The number of nitrogens with two attached hydrogens (primary N) is 1. The predicted octanol–water partition coefficient (Wildman–Crippen LogP) is 2.31. The molecule has 0 bridgehead atoms. The first kappa shape index (κ1) is 10.4. The van der Waals surface area contributed by atoms with E-state index >= 15 is 0 Å². The van der Waals surface area contributed by atoms with Crippen LogP contribution >= 0.6 is 11.8 Å². The van der Waals surface area contributed by atoms with Crippen LogP contribution in [0.5, 0.6) is 5.75 Å². The summed E-state index contributed by atoms with van der Waals surface area (Å²) in [6, 6.07) is 5.47. The lowest BCUT2D eigenvalue weighted by molar-refractivity contribution is 0.435. The normalized spacial score (nSPS) is 11.7. The summed E-state index contributed by atoms with van der Waals surface area (Å²) in [7, 11) is 0. The van der Waals surface area contributed by atoms with E-state index in [4.69, 9.17) is 5.73 Å². The fraction of sp³-hybridized carbons (Fsp3) is 0.400. The second-order valence-electron chi connectivity index (χ2n) is 3.58. The number of phenolic OH excluding ortho intramolecular Hbond substituents is 1. The molecule has 0 aliphatic heterocycles. The van der Waals surface area contributed by atoms with Gasteiger partial charge in [-0.15, -0.1) is 11.8 Å². The summed E-state index contributed by atoms with van der Waals surface area (Å²) in [6.07, 6.45) is 1.98. The fourth-order valence-corrected chi connectivity index (χ4v) is 2.12. The van der Waals surface area contributed by atoms with Gasteiger partial charge < -0.3 is 10.8 Å². The average molecular weight is 197 g/mol. The Morgan fingerprint density at radius 3 is 2.38 bits per heavy atom. The Morgan fingerprint density at radius 1 is 1.38 bits per heavy atom. The molecule has 13 heavy (non-hydrogen) atoms. The van der Waals surface area contributed by atoms with Crippen LogP contribution in [0.3, 0.4) is 0 Å². The molecule has 1 aromatic rings. The number of thioether (sulfide) groups is 1. The molecular weight excluding hydrogens is 182 g/mol. The Hall–Kier alpha value is -0.670. The second-order valence-corrected chi connectivity index (χ2v) is 4.42. The van der Waals surface area contributed by atoms with E-state index in [1.165, 1.54) is 0 Å². The molecule has 1 aromatic carbocycles. The zero-order valence-electron chi connectivity index (χ0n) is 8.16. The Bertz CT molecular complexity index is 304. The molecule has 0 aliphatic rings. The Kier molecular flexibility index (Phi) is 2.88. The summed E-state index contributed by atoms with van der Waals surface area (Å²) in [5, 5.41) is 9.66. The largest absolute Gasteiger partial charge is 0.508 e. The molecule has 0 unspecified atom stereocenters. The van der Waals surface area contributed by atoms with Crippen LogP contribution in [0, 0.1) is 0 Å². The highest BCUT2D eigenvalue weighted by Gasteiger charge is 2.21. The average Bonchev–Trinajstić information content (AvgIpc) is 2.01. The number of hydrogen-bond donors (Lipinski definition) is 2. The second kappa shape index (κ2) is 3.60. The van der Waals surface area contributed by atoms with Crippen LogP contribution in [-0.2, 0) is 5.54 Å². The molecule has 0 saturated heterocycles. The van der Waals surface area contributed by atoms with Crippen LogP contribution in [0.1, 0.15) is 19.4 Å². The molecule has 0 amide bonds. The van der Waals surface area contributed by atoms with Gasteiger partial charge in [-0.25, -0.2) is 0 Å². The summed E-state index contributed by atoms with van der Waals surface area (Å²) < 4.78 is 0. The number of rotatable bonds is 2. The topological polar surface area (TPSA) is 46.2 Å². The van der Waals surface area contributed by atoms with E-state index in [-0.39, 0.29) is 5.75 Å². The molecule has 1 rings (SSSR count). The summed E-state index contributed by atoms with van der Waals surface area (Å²) in [4.78, 5) is 1.03. The smallest absolute Gasteiger partial charge is 0.121 e. The van der Waals surface area contributed by atoms with Crippen LogP contribution in [0.15, 0.2) is 23.1 Å². The highest BCUT2D eigenvalue weighted by Crippen LogP contribution is 2.34. The van der Waals surface area contributed by atoms with E-state index in [0.717, 1.165) is 10.5 Å². The van der Waals surface area contributed by atoms with Crippen molar-refractivity contribution >= 4 is 11.8 Å². The third-order valence-corrected chi connectivity index (χ3v) is 2.65. The van der Waals surface area contributed by atoms with E-state index in [1.807, 2.05) is 32.2 Å². The Labute approximate surface area is 83.1 Å². The highest BCUT2D eigenvalue weighted by molar-refractivity contribution is 7.98. The molecule has 0 heterocycles. The minimum Gasteiger partial charge on any atom is -0.508 e. The molecule has 0 atom stereocenters. The maximum absolute atomic E-state index is 9.66. The number of benzene rings is 1. The summed E-state index contributed by atoms with van der Waals surface area (Å²) in [5.41, 5.74) is 6.29. The van der Waals surface area contributed by atoms with Crippen molar-refractivity contribution in [3.05, 3.63) is 23.8 Å². The minimum absolute atomic E-state index is 0.277. The lowest BCUT2D eigenvalue weighted by atomic mass is 9.95. The van der Waals surface area contributed by atoms with Crippen LogP contribution < -0.4 is 5.73 Å². The van der Waals surface area contributed by atoms with Crippen LogP contribution in [-0.4, -0.2) is 11.4 Å². The van der Waals surface area contributed by atoms with Crippen molar-refractivity contribution in [2.75, 3.05) is 6.26 Å². The molecule has 0 fully saturated rings. The lowest BCUT2D eigenvalue weighted by Crippen LogP contribution is -2.29. The van der Waals surface area contributed by atoms with Crippen molar-refractivity contribution in [3.63, 3.8) is 0 Å². The van der Waals surface area contributed by atoms with E-state index < -0.39 is 5.54 Å². The van der Waals surface area contributed by atoms with Gasteiger partial charge in [0.05, 0.1) is 0 Å². The zero-order valence-corrected chi connectivity index (χ0v) is 8.98. The van der Waals surface area contributed by atoms with Gasteiger partial charge in [-0.1, -0.05) is 6.07 Å². The standard InChI is InChI=1S/C10H15NOS/c1-10(2,11)9-7(12)5-4-6-8(9)13-3/h4-6,12H,11H2,1-3H3. The van der Waals surface area contributed by atoms with Crippen molar-refractivity contribution in [1.29, 1.82) is 0 Å². The SMILES string of the molecule is CSc1cccc(O)c1C(C)(C)N. The van der Waals surface area contributed by atoms with Crippen molar-refractivity contribution in [1.82, 2.24) is 0 Å². The van der Waals surface area contributed by atoms with Gasteiger partial charge in [0.25, 0.3) is 0 Å². The molecule has 2 nitrogen and oxygen atoms in total. The maximum Gasteiger partial charge on any atom is 0.121 e. The summed E-state index contributed by atoms with van der Waals surface area (Å²) >= 11 is 1.60. The van der Waals surface area contributed by atoms with E-state index in [1.54, 1.807) is 17.8 Å². The summed E-state index contributed by atoms with van der Waals surface area (Å²) in [6.45, 7) is 3.78. The van der Waals surface area contributed by atoms with E-state index in [0.29, 0.717) is 0 Å². The van der Waals surface area contributed by atoms with Crippen molar-refractivity contribution < 1.29 is 5.11 Å². The molecule has 3 heteroatoms. The van der Waals surface area contributed by atoms with E-state index in [2.05, 4.69) is 0 Å². The number of hydrogen-bond acceptors (Lipinski definition) is 3. The third kappa shape index (κ3) is 2.17. The first-order valence-corrected chi connectivity index (χ1v) is 5.34. The van der Waals surface area contributed by atoms with Gasteiger partial charge in [0.2, 0.25) is 0 Å². The van der Waals surface area contributed by atoms with Gasteiger partial charge in [-0.2, -0.15) is 0 Å². The minimum atomic E-state index is -0.496. The first-order chi connectivity index (χ1) is 5.96. The van der Waals surface area contributed by atoms with Crippen LogP contribution in [0.2, 0.25) is 0 Å². The van der Waals surface area contributed by atoms with Crippen molar-refractivity contribution in [3.8, 4) is 5.75 Å². The zero-order chi connectivity index (χ0) is 10.1. The lowest BCUT2D eigenvalue weighted by Gasteiger charge is -2.23. The van der Waals surface area contributed by atoms with Crippen LogP contribution in [0.25, 0.3) is 0 Å². The highest BCUT2D eigenvalue weighted by atomic mass is 32.2. The van der Waals surface area contributed by atoms with Gasteiger partial charge in [-0.3, -0.25) is 0 Å². The predicted molar refractivity (Wildman–Crippen MR) is 57.1 cm³/mol. The van der Waals surface area contributed by atoms with Gasteiger partial charge in [0, 0.05) is 16.0 Å².